The van der Waals surface area contributed by atoms with E-state index < -0.39 is 0 Å². The van der Waals surface area contributed by atoms with Crippen LogP contribution in [-0.4, -0.2) is 9.97 Å². The summed E-state index contributed by atoms with van der Waals surface area (Å²) in [6, 6.07) is 12.6. The molecule has 3 aromatic rings. The maximum Gasteiger partial charge on any atom is 0.0798 e. The molecular formula is C18H18N2. The SMILES string of the molecule is Cc1ccc(-c2ncccc2C(C)C)c2ncccc12. The van der Waals surface area contributed by atoms with Gasteiger partial charge in [0, 0.05) is 23.3 Å². The molecule has 0 radical (unpaired) electrons. The minimum atomic E-state index is 0.443. The van der Waals surface area contributed by atoms with Crippen LogP contribution in [0.1, 0.15) is 30.9 Å². The van der Waals surface area contributed by atoms with Gasteiger partial charge in [0.05, 0.1) is 11.2 Å². The van der Waals surface area contributed by atoms with Crippen molar-refractivity contribution in [3.05, 3.63) is 59.9 Å². The molecule has 3 rings (SSSR count). The van der Waals surface area contributed by atoms with Crippen molar-refractivity contribution in [2.75, 3.05) is 0 Å². The van der Waals surface area contributed by atoms with Gasteiger partial charge in [0.1, 0.15) is 0 Å². The number of hydrogen-bond donors (Lipinski definition) is 0. The maximum atomic E-state index is 4.61. The number of hydrogen-bond acceptors (Lipinski definition) is 2. The molecule has 2 aromatic heterocycles. The summed E-state index contributed by atoms with van der Waals surface area (Å²) in [6.45, 7) is 6.52. The smallest absolute Gasteiger partial charge is 0.0798 e. The van der Waals surface area contributed by atoms with Crippen molar-refractivity contribution >= 4 is 10.9 Å². The summed E-state index contributed by atoms with van der Waals surface area (Å²) < 4.78 is 0. The predicted molar refractivity (Wildman–Crippen MR) is 83.8 cm³/mol. The first-order chi connectivity index (χ1) is 9.68. The lowest BCUT2D eigenvalue weighted by atomic mass is 9.94. The van der Waals surface area contributed by atoms with Crippen LogP contribution in [0, 0.1) is 6.92 Å². The molecule has 0 fully saturated rings. The molecule has 2 heterocycles. The first-order valence-electron chi connectivity index (χ1n) is 6.98. The zero-order valence-corrected chi connectivity index (χ0v) is 12.1. The van der Waals surface area contributed by atoms with Gasteiger partial charge >= 0.3 is 0 Å². The summed E-state index contributed by atoms with van der Waals surface area (Å²) >= 11 is 0. The molecular weight excluding hydrogens is 244 g/mol. The fourth-order valence-corrected chi connectivity index (χ4v) is 2.61. The Labute approximate surface area is 119 Å². The summed E-state index contributed by atoms with van der Waals surface area (Å²) in [5.41, 5.74) is 5.72. The Morgan fingerprint density at radius 2 is 1.65 bits per heavy atom. The molecule has 0 amide bonds. The highest BCUT2D eigenvalue weighted by Crippen LogP contribution is 2.32. The van der Waals surface area contributed by atoms with Crippen molar-refractivity contribution in [3.8, 4) is 11.3 Å². The highest BCUT2D eigenvalue weighted by atomic mass is 14.7. The molecule has 0 aliphatic heterocycles. The van der Waals surface area contributed by atoms with E-state index in [2.05, 4.69) is 55.0 Å². The van der Waals surface area contributed by atoms with E-state index in [0.717, 1.165) is 16.8 Å². The highest BCUT2D eigenvalue weighted by molar-refractivity contribution is 5.95. The van der Waals surface area contributed by atoms with E-state index in [-0.39, 0.29) is 0 Å². The summed E-state index contributed by atoms with van der Waals surface area (Å²) in [7, 11) is 0. The molecule has 1 aromatic carbocycles. The van der Waals surface area contributed by atoms with E-state index in [9.17, 15) is 0 Å². The monoisotopic (exact) mass is 262 g/mol. The van der Waals surface area contributed by atoms with Crippen molar-refractivity contribution in [1.29, 1.82) is 0 Å². The van der Waals surface area contributed by atoms with Crippen molar-refractivity contribution in [1.82, 2.24) is 9.97 Å². The van der Waals surface area contributed by atoms with Crippen LogP contribution in [-0.2, 0) is 0 Å². The summed E-state index contributed by atoms with van der Waals surface area (Å²) in [6.07, 6.45) is 3.71. The minimum Gasteiger partial charge on any atom is -0.256 e. The Morgan fingerprint density at radius 3 is 2.45 bits per heavy atom. The molecule has 0 bridgehead atoms. The third-order valence-electron chi connectivity index (χ3n) is 3.70. The molecule has 0 aliphatic carbocycles. The normalized spacial score (nSPS) is 11.2. The third kappa shape index (κ3) is 2.07. The molecule has 0 spiro atoms. The van der Waals surface area contributed by atoms with E-state index in [1.165, 1.54) is 16.5 Å². The van der Waals surface area contributed by atoms with Gasteiger partial charge in [-0.15, -0.1) is 0 Å². The topological polar surface area (TPSA) is 25.8 Å². The van der Waals surface area contributed by atoms with E-state index in [0.29, 0.717) is 5.92 Å². The first kappa shape index (κ1) is 12.8. The van der Waals surface area contributed by atoms with E-state index in [1.807, 2.05) is 24.5 Å². The molecule has 2 heteroatoms. The van der Waals surface area contributed by atoms with Gasteiger partial charge < -0.3 is 0 Å². The zero-order chi connectivity index (χ0) is 14.1. The summed E-state index contributed by atoms with van der Waals surface area (Å²) in [4.78, 5) is 9.19. The number of benzene rings is 1. The lowest BCUT2D eigenvalue weighted by molar-refractivity contribution is 0.862. The first-order valence-corrected chi connectivity index (χ1v) is 6.98. The van der Waals surface area contributed by atoms with Crippen LogP contribution in [0.2, 0.25) is 0 Å². The van der Waals surface area contributed by atoms with Crippen molar-refractivity contribution in [2.45, 2.75) is 26.7 Å². The Hall–Kier alpha value is -2.22. The average Bonchev–Trinajstić information content (AvgIpc) is 2.48. The standard InChI is InChI=1S/C18H18N2/c1-12(2)14-6-4-10-19-17(14)16-9-8-13(3)15-7-5-11-20-18(15)16/h4-12H,1-3H3. The fourth-order valence-electron chi connectivity index (χ4n) is 2.61. The predicted octanol–water partition coefficient (Wildman–Crippen LogP) is 4.73. The lowest BCUT2D eigenvalue weighted by Gasteiger charge is -2.13. The van der Waals surface area contributed by atoms with Crippen LogP contribution in [0.5, 0.6) is 0 Å². The van der Waals surface area contributed by atoms with Crippen LogP contribution >= 0.6 is 0 Å². The molecule has 0 unspecified atom stereocenters. The molecule has 0 N–H and O–H groups in total. The Bertz CT molecular complexity index is 760. The second kappa shape index (κ2) is 5.04. The molecule has 0 saturated heterocycles. The van der Waals surface area contributed by atoms with E-state index >= 15 is 0 Å². The van der Waals surface area contributed by atoms with E-state index in [4.69, 9.17) is 0 Å². The van der Waals surface area contributed by atoms with Crippen LogP contribution in [0.4, 0.5) is 0 Å². The maximum absolute atomic E-state index is 4.61. The highest BCUT2D eigenvalue weighted by Gasteiger charge is 2.13. The van der Waals surface area contributed by atoms with Gasteiger partial charge in [-0.25, -0.2) is 0 Å². The number of rotatable bonds is 2. The minimum absolute atomic E-state index is 0.443. The average molecular weight is 262 g/mol. The van der Waals surface area contributed by atoms with Gasteiger partial charge in [0.25, 0.3) is 0 Å². The van der Waals surface area contributed by atoms with Gasteiger partial charge in [-0.05, 0) is 36.1 Å². The fraction of sp³-hybridized carbons (Fsp3) is 0.222. The molecule has 2 nitrogen and oxygen atoms in total. The Balaban J connectivity index is 2.34. The van der Waals surface area contributed by atoms with Crippen molar-refractivity contribution in [2.24, 2.45) is 0 Å². The van der Waals surface area contributed by atoms with Crippen LogP contribution in [0.25, 0.3) is 22.2 Å². The molecule has 100 valence electrons. The number of aryl methyl sites for hydroxylation is 1. The molecule has 0 saturated carbocycles. The molecule has 0 atom stereocenters. The quantitative estimate of drug-likeness (QED) is 0.667. The summed E-state index contributed by atoms with van der Waals surface area (Å²) in [5, 5.41) is 1.20. The third-order valence-corrected chi connectivity index (χ3v) is 3.70. The van der Waals surface area contributed by atoms with Crippen LogP contribution in [0.3, 0.4) is 0 Å². The molecule has 20 heavy (non-hydrogen) atoms. The summed E-state index contributed by atoms with van der Waals surface area (Å²) in [5.74, 6) is 0.443. The number of aromatic nitrogens is 2. The van der Waals surface area contributed by atoms with E-state index in [1.54, 1.807) is 0 Å². The largest absolute Gasteiger partial charge is 0.256 e. The molecule has 0 aliphatic rings. The van der Waals surface area contributed by atoms with Gasteiger partial charge in [-0.3, -0.25) is 9.97 Å². The second-order valence-electron chi connectivity index (χ2n) is 5.43. The van der Waals surface area contributed by atoms with Gasteiger partial charge in [-0.2, -0.15) is 0 Å². The Kier molecular flexibility index (Phi) is 3.23. The zero-order valence-electron chi connectivity index (χ0n) is 12.1. The second-order valence-corrected chi connectivity index (χ2v) is 5.43. The Morgan fingerprint density at radius 1 is 0.900 bits per heavy atom. The lowest BCUT2D eigenvalue weighted by Crippen LogP contribution is -1.97. The van der Waals surface area contributed by atoms with Gasteiger partial charge in [0.2, 0.25) is 0 Å². The van der Waals surface area contributed by atoms with Crippen molar-refractivity contribution in [3.63, 3.8) is 0 Å². The van der Waals surface area contributed by atoms with Crippen molar-refractivity contribution < 1.29 is 0 Å². The number of fused-ring (bicyclic) bond motifs is 1. The van der Waals surface area contributed by atoms with Crippen LogP contribution in [0.15, 0.2) is 48.8 Å². The van der Waals surface area contributed by atoms with Gasteiger partial charge in [0.15, 0.2) is 0 Å². The van der Waals surface area contributed by atoms with Gasteiger partial charge in [-0.1, -0.05) is 38.1 Å². The number of nitrogens with zero attached hydrogens (tertiary/aromatic N) is 2. The number of pyridine rings is 2. The van der Waals surface area contributed by atoms with Crippen LogP contribution < -0.4 is 0 Å².